The third kappa shape index (κ3) is 3.20. The van der Waals surface area contributed by atoms with Crippen LogP contribution in [0.4, 0.5) is 13.2 Å². The third-order valence-electron chi connectivity index (χ3n) is 3.66. The Morgan fingerprint density at radius 2 is 2.00 bits per heavy atom. The van der Waals surface area contributed by atoms with Crippen molar-refractivity contribution in [3.05, 3.63) is 29.1 Å². The number of aryl methyl sites for hydroxylation is 1. The van der Waals surface area contributed by atoms with Gasteiger partial charge in [0.25, 0.3) is 5.91 Å². The van der Waals surface area contributed by atoms with E-state index in [1.807, 2.05) is 0 Å². The largest absolute Gasteiger partial charge is 0.480 e. The summed E-state index contributed by atoms with van der Waals surface area (Å²) in [6, 6.07) is 0.851. The van der Waals surface area contributed by atoms with Gasteiger partial charge in [0, 0.05) is 6.54 Å². The van der Waals surface area contributed by atoms with E-state index in [1.54, 1.807) is 0 Å². The van der Waals surface area contributed by atoms with Crippen LogP contribution in [0.15, 0.2) is 12.1 Å². The van der Waals surface area contributed by atoms with Crippen LogP contribution in [0.3, 0.4) is 0 Å². The molecule has 2 rings (SSSR count). The van der Waals surface area contributed by atoms with E-state index in [0.29, 0.717) is 19.3 Å². The number of nitrogens with zero attached hydrogens (tertiary/aromatic N) is 2. The maximum Gasteiger partial charge on any atom is 0.433 e. The Morgan fingerprint density at radius 3 is 2.55 bits per heavy atom. The minimum atomic E-state index is -4.58. The molecule has 5 nitrogen and oxygen atoms in total. The quantitative estimate of drug-likeness (QED) is 0.910. The fraction of sp³-hybridized carbons (Fsp3) is 0.500. The monoisotopic (exact) mass is 316 g/mol. The molecule has 1 atom stereocenters. The average Bonchev–Trinajstić information content (AvgIpc) is 2.45. The number of likely N-dealkylation sites (tertiary alicyclic amines) is 1. The zero-order valence-electron chi connectivity index (χ0n) is 11.9. The zero-order valence-corrected chi connectivity index (χ0v) is 11.9. The highest BCUT2D eigenvalue weighted by Gasteiger charge is 2.35. The number of piperidine rings is 1. The zero-order chi connectivity index (χ0) is 16.5. The molecule has 0 bridgehead atoms. The van der Waals surface area contributed by atoms with E-state index in [4.69, 9.17) is 5.11 Å². The molecule has 1 unspecified atom stereocenters. The number of rotatable bonds is 2. The number of aliphatic carboxylic acids is 1. The lowest BCUT2D eigenvalue weighted by Crippen LogP contribution is -2.48. The Hall–Kier alpha value is -2.12. The van der Waals surface area contributed by atoms with Gasteiger partial charge in [-0.15, -0.1) is 0 Å². The molecule has 1 aromatic heterocycles. The number of alkyl halides is 3. The van der Waals surface area contributed by atoms with Crippen LogP contribution in [0, 0.1) is 6.92 Å². The summed E-state index contributed by atoms with van der Waals surface area (Å²) in [5.41, 5.74) is -1.13. The molecule has 1 saturated heterocycles. The first kappa shape index (κ1) is 16.3. The number of carbonyl (C=O) groups is 2. The number of pyridine rings is 1. The van der Waals surface area contributed by atoms with Gasteiger partial charge in [-0.25, -0.2) is 9.78 Å². The minimum Gasteiger partial charge on any atom is -0.480 e. The van der Waals surface area contributed by atoms with Crippen LogP contribution in [0.5, 0.6) is 0 Å². The summed E-state index contributed by atoms with van der Waals surface area (Å²) in [4.78, 5) is 28.3. The van der Waals surface area contributed by atoms with E-state index in [-0.39, 0.29) is 17.8 Å². The van der Waals surface area contributed by atoms with E-state index in [0.717, 1.165) is 12.1 Å². The summed E-state index contributed by atoms with van der Waals surface area (Å²) in [5.74, 6) is -1.70. The Morgan fingerprint density at radius 1 is 1.32 bits per heavy atom. The van der Waals surface area contributed by atoms with Gasteiger partial charge in [0.15, 0.2) is 0 Å². The number of aromatic nitrogens is 1. The molecule has 1 aliphatic heterocycles. The number of carboxylic acid groups (broad SMARTS) is 1. The van der Waals surface area contributed by atoms with Crippen LogP contribution in [-0.4, -0.2) is 39.5 Å². The predicted octanol–water partition coefficient (Wildman–Crippen LogP) is 2.49. The van der Waals surface area contributed by atoms with E-state index in [2.05, 4.69) is 4.98 Å². The molecule has 22 heavy (non-hydrogen) atoms. The lowest BCUT2D eigenvalue weighted by Gasteiger charge is -2.33. The van der Waals surface area contributed by atoms with Crippen molar-refractivity contribution in [1.82, 2.24) is 9.88 Å². The molecule has 1 aromatic rings. The summed E-state index contributed by atoms with van der Waals surface area (Å²) >= 11 is 0. The molecule has 0 radical (unpaired) electrons. The lowest BCUT2D eigenvalue weighted by molar-refractivity contribution is -0.143. The van der Waals surface area contributed by atoms with Gasteiger partial charge in [0.2, 0.25) is 0 Å². The molecule has 120 valence electrons. The number of hydrogen-bond donors (Lipinski definition) is 1. The molecule has 1 aliphatic rings. The standard InChI is InChI=1S/C14H15F3N2O3/c1-8-9(5-6-11(18-8)14(15,16)17)12(20)19-7-3-2-4-10(19)13(21)22/h5-6,10H,2-4,7H2,1H3,(H,21,22). The van der Waals surface area contributed by atoms with Gasteiger partial charge in [-0.1, -0.05) is 0 Å². The van der Waals surface area contributed by atoms with Crippen LogP contribution in [0.1, 0.15) is 41.0 Å². The van der Waals surface area contributed by atoms with Gasteiger partial charge in [0.05, 0.1) is 11.3 Å². The summed E-state index contributed by atoms with van der Waals surface area (Å²) in [6.07, 6.45) is -2.87. The topological polar surface area (TPSA) is 70.5 Å². The predicted molar refractivity (Wildman–Crippen MR) is 70.3 cm³/mol. The molecule has 1 N–H and O–H groups in total. The van der Waals surface area contributed by atoms with E-state index >= 15 is 0 Å². The van der Waals surface area contributed by atoms with Crippen molar-refractivity contribution in [2.75, 3.05) is 6.54 Å². The van der Waals surface area contributed by atoms with Crippen molar-refractivity contribution in [2.24, 2.45) is 0 Å². The van der Waals surface area contributed by atoms with Gasteiger partial charge >= 0.3 is 12.1 Å². The molecule has 0 aromatic carbocycles. The maximum absolute atomic E-state index is 12.6. The summed E-state index contributed by atoms with van der Waals surface area (Å²) in [7, 11) is 0. The molecule has 0 spiro atoms. The van der Waals surface area contributed by atoms with E-state index in [1.165, 1.54) is 11.8 Å². The summed E-state index contributed by atoms with van der Waals surface area (Å²) in [6.45, 7) is 1.58. The van der Waals surface area contributed by atoms with Gasteiger partial charge in [-0.2, -0.15) is 13.2 Å². The lowest BCUT2D eigenvalue weighted by atomic mass is 10.0. The number of hydrogen-bond acceptors (Lipinski definition) is 3. The number of amides is 1. The van der Waals surface area contributed by atoms with Crippen molar-refractivity contribution in [3.63, 3.8) is 0 Å². The Labute approximate surface area is 124 Å². The second kappa shape index (κ2) is 5.94. The van der Waals surface area contributed by atoms with Crippen molar-refractivity contribution in [1.29, 1.82) is 0 Å². The normalized spacial score (nSPS) is 19.1. The SMILES string of the molecule is Cc1nc(C(F)(F)F)ccc1C(=O)N1CCCCC1C(=O)O. The molecule has 0 saturated carbocycles. The fourth-order valence-corrected chi connectivity index (χ4v) is 2.53. The van der Waals surface area contributed by atoms with E-state index in [9.17, 15) is 22.8 Å². The van der Waals surface area contributed by atoms with Crippen molar-refractivity contribution < 1.29 is 27.9 Å². The maximum atomic E-state index is 12.6. The molecule has 1 fully saturated rings. The third-order valence-corrected chi connectivity index (χ3v) is 3.66. The highest BCUT2D eigenvalue weighted by Crippen LogP contribution is 2.29. The summed E-state index contributed by atoms with van der Waals surface area (Å²) < 4.78 is 37.8. The Balaban J connectivity index is 2.31. The van der Waals surface area contributed by atoms with Crippen LogP contribution in [0.2, 0.25) is 0 Å². The average molecular weight is 316 g/mol. The minimum absolute atomic E-state index is 0.00106. The van der Waals surface area contributed by atoms with Gasteiger partial charge in [-0.05, 0) is 38.3 Å². The number of carboxylic acids is 1. The highest BCUT2D eigenvalue weighted by molar-refractivity contribution is 5.97. The molecule has 8 heteroatoms. The first-order chi connectivity index (χ1) is 10.2. The summed E-state index contributed by atoms with van der Waals surface area (Å²) in [5, 5.41) is 9.17. The molecular weight excluding hydrogens is 301 g/mol. The second-order valence-corrected chi connectivity index (χ2v) is 5.18. The smallest absolute Gasteiger partial charge is 0.433 e. The second-order valence-electron chi connectivity index (χ2n) is 5.18. The molecule has 1 amide bonds. The first-order valence-electron chi connectivity index (χ1n) is 6.80. The van der Waals surface area contributed by atoms with Crippen LogP contribution in [-0.2, 0) is 11.0 Å². The van der Waals surface area contributed by atoms with Crippen LogP contribution >= 0.6 is 0 Å². The van der Waals surface area contributed by atoms with E-state index < -0.39 is 29.8 Å². The van der Waals surface area contributed by atoms with Gasteiger partial charge in [0.1, 0.15) is 11.7 Å². The van der Waals surface area contributed by atoms with Gasteiger partial charge < -0.3 is 10.0 Å². The number of halogens is 3. The Bertz CT molecular complexity index is 601. The van der Waals surface area contributed by atoms with Crippen LogP contribution in [0.25, 0.3) is 0 Å². The fourth-order valence-electron chi connectivity index (χ4n) is 2.53. The molecular formula is C14H15F3N2O3. The molecule has 2 heterocycles. The van der Waals surface area contributed by atoms with Gasteiger partial charge in [-0.3, -0.25) is 4.79 Å². The molecule has 0 aliphatic carbocycles. The van der Waals surface area contributed by atoms with Crippen LogP contribution < -0.4 is 0 Å². The number of carbonyl (C=O) groups excluding carboxylic acids is 1. The van der Waals surface area contributed by atoms with Crippen molar-refractivity contribution >= 4 is 11.9 Å². The van der Waals surface area contributed by atoms with Crippen molar-refractivity contribution in [2.45, 2.75) is 38.4 Å². The first-order valence-corrected chi connectivity index (χ1v) is 6.80. The highest BCUT2D eigenvalue weighted by atomic mass is 19.4. The van der Waals surface area contributed by atoms with Crippen molar-refractivity contribution in [3.8, 4) is 0 Å². The Kier molecular flexibility index (Phi) is 4.39.